The highest BCUT2D eigenvalue weighted by Gasteiger charge is 2.50. The van der Waals surface area contributed by atoms with E-state index in [0.29, 0.717) is 13.0 Å². The first-order valence-electron chi connectivity index (χ1n) is 11.2. The molecule has 2 rings (SSSR count). The fourth-order valence-electron chi connectivity index (χ4n) is 4.39. The summed E-state index contributed by atoms with van der Waals surface area (Å²) in [4.78, 5) is 39.0. The molecule has 30 heavy (non-hydrogen) atoms. The number of ether oxygens (including phenoxy) is 3. The Morgan fingerprint density at radius 2 is 1.77 bits per heavy atom. The number of hydrogen-bond acceptors (Lipinski definition) is 7. The number of fused-ring (bicyclic) bond motifs is 2. The molecular formula is C23H38O7. The van der Waals surface area contributed by atoms with Crippen LogP contribution in [0.2, 0.25) is 0 Å². The zero-order chi connectivity index (χ0) is 22.7. The lowest BCUT2D eigenvalue weighted by atomic mass is 9.83. The Labute approximate surface area is 179 Å². The Morgan fingerprint density at radius 3 is 2.37 bits per heavy atom. The van der Waals surface area contributed by atoms with E-state index in [2.05, 4.69) is 0 Å². The van der Waals surface area contributed by atoms with E-state index in [-0.39, 0.29) is 31.0 Å². The molecule has 1 N–H and O–H groups in total. The van der Waals surface area contributed by atoms with Crippen molar-refractivity contribution in [2.45, 2.75) is 110 Å². The summed E-state index contributed by atoms with van der Waals surface area (Å²) >= 11 is 0. The second kappa shape index (κ2) is 9.88. The van der Waals surface area contributed by atoms with E-state index in [1.54, 1.807) is 20.8 Å². The molecular weight excluding hydrogens is 388 g/mol. The lowest BCUT2D eigenvalue weighted by Crippen LogP contribution is -2.50. The highest BCUT2D eigenvalue weighted by molar-refractivity contribution is 5.90. The molecule has 172 valence electrons. The lowest BCUT2D eigenvalue weighted by molar-refractivity contribution is -0.177. The van der Waals surface area contributed by atoms with Crippen LogP contribution in [0.25, 0.3) is 0 Å². The summed E-state index contributed by atoms with van der Waals surface area (Å²) in [5, 5.41) is 10.9. The Morgan fingerprint density at radius 1 is 1.10 bits per heavy atom. The second-order valence-corrected chi connectivity index (χ2v) is 9.36. The molecule has 2 aliphatic rings. The van der Waals surface area contributed by atoms with Crippen LogP contribution >= 0.6 is 0 Å². The molecule has 0 aromatic heterocycles. The van der Waals surface area contributed by atoms with E-state index in [0.717, 1.165) is 12.8 Å². The van der Waals surface area contributed by atoms with E-state index < -0.39 is 47.2 Å². The Kier molecular flexibility index (Phi) is 8.22. The van der Waals surface area contributed by atoms with Gasteiger partial charge in [-0.2, -0.15) is 0 Å². The number of rotatable bonds is 5. The Balaban J connectivity index is 2.39. The van der Waals surface area contributed by atoms with E-state index in [1.165, 1.54) is 6.92 Å². The van der Waals surface area contributed by atoms with Crippen molar-refractivity contribution in [3.05, 3.63) is 0 Å². The quantitative estimate of drug-likeness (QED) is 0.533. The van der Waals surface area contributed by atoms with Crippen molar-refractivity contribution in [2.24, 2.45) is 11.8 Å². The molecule has 0 radical (unpaired) electrons. The lowest BCUT2D eigenvalue weighted by Gasteiger charge is -2.33. The van der Waals surface area contributed by atoms with Gasteiger partial charge in [0.1, 0.15) is 11.7 Å². The molecule has 0 unspecified atom stereocenters. The molecule has 2 heterocycles. The first-order chi connectivity index (χ1) is 14.0. The maximum absolute atomic E-state index is 13.2. The van der Waals surface area contributed by atoms with Crippen molar-refractivity contribution >= 4 is 17.5 Å². The van der Waals surface area contributed by atoms with Gasteiger partial charge in [-0.1, -0.05) is 27.2 Å². The van der Waals surface area contributed by atoms with Gasteiger partial charge in [-0.05, 0) is 46.0 Å². The van der Waals surface area contributed by atoms with Crippen LogP contribution in [0.4, 0.5) is 0 Å². The second-order valence-electron chi connectivity index (χ2n) is 9.36. The van der Waals surface area contributed by atoms with Crippen molar-refractivity contribution < 1.29 is 33.7 Å². The van der Waals surface area contributed by atoms with Gasteiger partial charge in [-0.15, -0.1) is 0 Å². The third-order valence-corrected chi connectivity index (χ3v) is 6.70. The molecule has 2 saturated heterocycles. The number of Topliss-reactive ketones (excluding diaryl/α,β-unsaturated/α-hetero) is 2. The minimum atomic E-state index is -1.83. The molecule has 7 nitrogen and oxygen atoms in total. The highest BCUT2D eigenvalue weighted by Crippen LogP contribution is 2.39. The SMILES string of the molecule is CCCCO[C@H]1CC(=O)[C@@]2(C)C[C@@H](C)[C@@H](CC(=O)[C@](C)(O)[C@@H](CC)OC(=O)[C@@H]1C)O2. The number of carbonyl (C=O) groups excluding carboxylic acids is 3. The Hall–Kier alpha value is -1.31. The molecule has 0 amide bonds. The van der Waals surface area contributed by atoms with E-state index in [4.69, 9.17) is 14.2 Å². The van der Waals surface area contributed by atoms with Gasteiger partial charge in [0.2, 0.25) is 0 Å². The van der Waals surface area contributed by atoms with Gasteiger partial charge in [-0.25, -0.2) is 0 Å². The Bertz CT molecular complexity index is 643. The van der Waals surface area contributed by atoms with Crippen LogP contribution in [-0.4, -0.2) is 58.8 Å². The number of ketones is 2. The van der Waals surface area contributed by atoms with Crippen LogP contribution in [0, 0.1) is 11.8 Å². The molecule has 7 heteroatoms. The number of carbonyl (C=O) groups is 3. The van der Waals surface area contributed by atoms with Crippen molar-refractivity contribution in [3.8, 4) is 0 Å². The van der Waals surface area contributed by atoms with Crippen LogP contribution in [-0.2, 0) is 28.6 Å². The first kappa shape index (κ1) is 25.0. The number of esters is 1. The summed E-state index contributed by atoms with van der Waals surface area (Å²) in [7, 11) is 0. The van der Waals surface area contributed by atoms with Gasteiger partial charge in [0, 0.05) is 19.4 Å². The van der Waals surface area contributed by atoms with Crippen molar-refractivity contribution in [1.29, 1.82) is 0 Å². The number of aliphatic hydroxyl groups is 1. The fourth-order valence-corrected chi connectivity index (χ4v) is 4.39. The first-order valence-corrected chi connectivity index (χ1v) is 11.2. The van der Waals surface area contributed by atoms with Crippen LogP contribution in [0.3, 0.4) is 0 Å². The van der Waals surface area contributed by atoms with Gasteiger partial charge >= 0.3 is 5.97 Å². The van der Waals surface area contributed by atoms with Crippen molar-refractivity contribution in [1.82, 2.24) is 0 Å². The molecule has 2 bridgehead atoms. The molecule has 0 spiro atoms. The number of cyclic esters (lactones) is 1. The van der Waals surface area contributed by atoms with E-state index in [9.17, 15) is 19.5 Å². The summed E-state index contributed by atoms with van der Waals surface area (Å²) in [6, 6.07) is 0. The molecule has 0 saturated carbocycles. The maximum Gasteiger partial charge on any atom is 0.311 e. The average molecular weight is 427 g/mol. The van der Waals surface area contributed by atoms with Crippen LogP contribution in [0.15, 0.2) is 0 Å². The van der Waals surface area contributed by atoms with Crippen LogP contribution < -0.4 is 0 Å². The summed E-state index contributed by atoms with van der Waals surface area (Å²) in [5.41, 5.74) is -2.87. The number of unbranched alkanes of at least 4 members (excludes halogenated alkanes) is 1. The van der Waals surface area contributed by atoms with Crippen LogP contribution in [0.1, 0.15) is 80.1 Å². The topological polar surface area (TPSA) is 99.1 Å². The zero-order valence-corrected chi connectivity index (χ0v) is 19.2. The molecule has 7 atom stereocenters. The third-order valence-electron chi connectivity index (χ3n) is 6.70. The van der Waals surface area contributed by atoms with Crippen molar-refractivity contribution in [3.63, 3.8) is 0 Å². The van der Waals surface area contributed by atoms with Crippen LogP contribution in [0.5, 0.6) is 0 Å². The summed E-state index contributed by atoms with van der Waals surface area (Å²) in [6.07, 6.45) is 0.445. The highest BCUT2D eigenvalue weighted by atomic mass is 16.6. The molecule has 2 fully saturated rings. The summed E-state index contributed by atoms with van der Waals surface area (Å²) in [6.45, 7) is 11.0. The predicted molar refractivity (Wildman–Crippen MR) is 111 cm³/mol. The standard InChI is InChI=1S/C23H38O7/c1-7-9-10-28-17-12-18(24)22(5)13-14(3)16(30-22)11-19(25)23(6,27)20(8-2)29-21(26)15(17)4/h14-17,20,27H,7-13H2,1-6H3/t14-,15-,16-,17+,20-,22-,23+/m1/s1. The average Bonchev–Trinajstić information content (AvgIpc) is 2.98. The minimum Gasteiger partial charge on any atom is -0.459 e. The zero-order valence-electron chi connectivity index (χ0n) is 19.2. The minimum absolute atomic E-state index is 0.0128. The summed E-state index contributed by atoms with van der Waals surface area (Å²) < 4.78 is 17.6. The van der Waals surface area contributed by atoms with Gasteiger partial charge in [0.05, 0.1) is 18.1 Å². The molecule has 0 aromatic carbocycles. The summed E-state index contributed by atoms with van der Waals surface area (Å²) in [5.74, 6) is -1.89. The number of hydrogen-bond donors (Lipinski definition) is 1. The largest absolute Gasteiger partial charge is 0.459 e. The van der Waals surface area contributed by atoms with Crippen molar-refractivity contribution in [2.75, 3.05) is 6.61 Å². The van der Waals surface area contributed by atoms with Gasteiger partial charge in [-0.3, -0.25) is 14.4 Å². The molecule has 2 aliphatic heterocycles. The fraction of sp³-hybridized carbons (Fsp3) is 0.870. The van der Waals surface area contributed by atoms with Gasteiger partial charge in [0.25, 0.3) is 0 Å². The van der Waals surface area contributed by atoms with E-state index in [1.807, 2.05) is 13.8 Å². The van der Waals surface area contributed by atoms with Gasteiger partial charge in [0.15, 0.2) is 17.2 Å². The monoisotopic (exact) mass is 426 g/mol. The predicted octanol–water partition coefficient (Wildman–Crippen LogP) is 3.00. The van der Waals surface area contributed by atoms with Gasteiger partial charge < -0.3 is 19.3 Å². The molecule has 0 aliphatic carbocycles. The smallest absolute Gasteiger partial charge is 0.311 e. The maximum atomic E-state index is 13.2. The molecule has 0 aromatic rings. The normalized spacial score (nSPS) is 41.0. The third kappa shape index (κ3) is 5.29. The van der Waals surface area contributed by atoms with E-state index >= 15 is 0 Å².